The molecule has 1 saturated heterocycles. The van der Waals surface area contributed by atoms with E-state index in [-0.39, 0.29) is 0 Å². The van der Waals surface area contributed by atoms with Crippen molar-refractivity contribution in [3.8, 4) is 5.75 Å². The highest BCUT2D eigenvalue weighted by atomic mass is 16.5. The predicted octanol–water partition coefficient (Wildman–Crippen LogP) is 3.16. The molecule has 0 spiro atoms. The van der Waals surface area contributed by atoms with Crippen molar-refractivity contribution >= 4 is 17.0 Å². The summed E-state index contributed by atoms with van der Waals surface area (Å²) in [6.45, 7) is 6.06. The lowest BCUT2D eigenvalue weighted by Gasteiger charge is -2.35. The van der Waals surface area contributed by atoms with Crippen molar-refractivity contribution in [2.75, 3.05) is 44.2 Å². The maximum Gasteiger partial charge on any atom is 0.206 e. The molecule has 0 bridgehead atoms. The van der Waals surface area contributed by atoms with Crippen LogP contribution >= 0.6 is 0 Å². The van der Waals surface area contributed by atoms with Gasteiger partial charge in [-0.1, -0.05) is 30.3 Å². The zero-order valence-electron chi connectivity index (χ0n) is 15.3. The normalized spacial score (nSPS) is 15.5. The highest BCUT2D eigenvalue weighted by Gasteiger charge is 2.20. The Kier molecular flexibility index (Phi) is 5.07. The smallest absolute Gasteiger partial charge is 0.206 e. The molecule has 1 aliphatic heterocycles. The second-order valence-electron chi connectivity index (χ2n) is 6.80. The Morgan fingerprint density at radius 1 is 0.923 bits per heavy atom. The number of hydrogen-bond acceptors (Lipinski definition) is 4. The van der Waals surface area contributed by atoms with Crippen molar-refractivity contribution in [2.24, 2.45) is 7.05 Å². The minimum absolute atomic E-state index is 0.773. The summed E-state index contributed by atoms with van der Waals surface area (Å²) >= 11 is 0. The van der Waals surface area contributed by atoms with Crippen molar-refractivity contribution in [3.05, 3.63) is 54.6 Å². The average molecular weight is 350 g/mol. The molecule has 0 N–H and O–H groups in total. The molecule has 0 amide bonds. The van der Waals surface area contributed by atoms with E-state index in [9.17, 15) is 0 Å². The summed E-state index contributed by atoms with van der Waals surface area (Å²) in [4.78, 5) is 9.74. The predicted molar refractivity (Wildman–Crippen MR) is 106 cm³/mol. The van der Waals surface area contributed by atoms with Crippen LogP contribution in [-0.4, -0.2) is 53.8 Å². The largest absolute Gasteiger partial charge is 0.494 e. The van der Waals surface area contributed by atoms with Gasteiger partial charge in [0, 0.05) is 39.8 Å². The van der Waals surface area contributed by atoms with Crippen molar-refractivity contribution < 1.29 is 4.74 Å². The Labute approximate surface area is 154 Å². The number of aryl methyl sites for hydroxylation is 1. The number of anilines is 1. The van der Waals surface area contributed by atoms with E-state index >= 15 is 0 Å². The first-order chi connectivity index (χ1) is 12.8. The average Bonchev–Trinajstić information content (AvgIpc) is 3.04. The van der Waals surface area contributed by atoms with Gasteiger partial charge in [-0.3, -0.25) is 4.90 Å². The molecule has 4 rings (SSSR count). The van der Waals surface area contributed by atoms with E-state index < -0.39 is 0 Å². The molecule has 1 aliphatic rings. The van der Waals surface area contributed by atoms with Gasteiger partial charge in [0.2, 0.25) is 5.95 Å². The standard InChI is InChI=1S/C21H26N4O/c1-23-20-11-6-5-10-19(20)22-21(23)25-15-13-24(14-16-25)12-7-17-26-18-8-3-2-4-9-18/h2-6,8-11H,7,12-17H2,1H3. The number of nitrogens with zero attached hydrogens (tertiary/aromatic N) is 4. The molecule has 0 radical (unpaired) electrons. The van der Waals surface area contributed by atoms with E-state index in [1.807, 2.05) is 30.3 Å². The Morgan fingerprint density at radius 2 is 1.65 bits per heavy atom. The fraction of sp³-hybridized carbons (Fsp3) is 0.381. The Hall–Kier alpha value is -2.53. The van der Waals surface area contributed by atoms with Gasteiger partial charge in [-0.05, 0) is 30.7 Å². The minimum Gasteiger partial charge on any atom is -0.494 e. The fourth-order valence-corrected chi connectivity index (χ4v) is 3.58. The highest BCUT2D eigenvalue weighted by Crippen LogP contribution is 2.22. The molecule has 26 heavy (non-hydrogen) atoms. The lowest BCUT2D eigenvalue weighted by Crippen LogP contribution is -2.47. The van der Waals surface area contributed by atoms with Crippen LogP contribution in [0.5, 0.6) is 5.75 Å². The second-order valence-corrected chi connectivity index (χ2v) is 6.80. The fourth-order valence-electron chi connectivity index (χ4n) is 3.58. The summed E-state index contributed by atoms with van der Waals surface area (Å²) in [5, 5.41) is 0. The summed E-state index contributed by atoms with van der Waals surface area (Å²) in [6.07, 6.45) is 1.06. The number of aromatic nitrogens is 2. The van der Waals surface area contributed by atoms with Gasteiger partial charge in [0.15, 0.2) is 0 Å². The van der Waals surface area contributed by atoms with Crippen LogP contribution in [0.15, 0.2) is 54.6 Å². The maximum atomic E-state index is 5.79. The van der Waals surface area contributed by atoms with E-state index in [0.29, 0.717) is 0 Å². The van der Waals surface area contributed by atoms with Gasteiger partial charge in [-0.2, -0.15) is 0 Å². The molecule has 2 aromatic carbocycles. The Morgan fingerprint density at radius 3 is 2.42 bits per heavy atom. The molecule has 0 atom stereocenters. The van der Waals surface area contributed by atoms with Crippen LogP contribution < -0.4 is 9.64 Å². The summed E-state index contributed by atoms with van der Waals surface area (Å²) in [6, 6.07) is 18.4. The zero-order chi connectivity index (χ0) is 17.8. The second kappa shape index (κ2) is 7.79. The van der Waals surface area contributed by atoms with Gasteiger partial charge in [0.25, 0.3) is 0 Å². The number of rotatable bonds is 6. The summed E-state index contributed by atoms with van der Waals surface area (Å²) in [5.41, 5.74) is 2.27. The van der Waals surface area contributed by atoms with E-state index in [4.69, 9.17) is 9.72 Å². The first-order valence-electron chi connectivity index (χ1n) is 9.38. The Balaban J connectivity index is 1.25. The lowest BCUT2D eigenvalue weighted by molar-refractivity contribution is 0.224. The van der Waals surface area contributed by atoms with E-state index in [1.165, 1.54) is 5.52 Å². The van der Waals surface area contributed by atoms with E-state index in [1.54, 1.807) is 0 Å². The number of piperazine rings is 1. The molecule has 5 heteroatoms. The van der Waals surface area contributed by atoms with Crippen LogP contribution in [0.25, 0.3) is 11.0 Å². The van der Waals surface area contributed by atoms with Gasteiger partial charge in [0.05, 0.1) is 17.6 Å². The van der Waals surface area contributed by atoms with Crippen LogP contribution in [0.1, 0.15) is 6.42 Å². The van der Waals surface area contributed by atoms with Gasteiger partial charge in [-0.15, -0.1) is 0 Å². The van der Waals surface area contributed by atoms with Crippen molar-refractivity contribution in [3.63, 3.8) is 0 Å². The monoisotopic (exact) mass is 350 g/mol. The molecule has 1 fully saturated rings. The topological polar surface area (TPSA) is 33.5 Å². The maximum absolute atomic E-state index is 5.79. The third-order valence-corrected chi connectivity index (χ3v) is 5.05. The van der Waals surface area contributed by atoms with Gasteiger partial charge in [-0.25, -0.2) is 4.98 Å². The summed E-state index contributed by atoms with van der Waals surface area (Å²) < 4.78 is 7.99. The zero-order valence-corrected chi connectivity index (χ0v) is 15.3. The molecule has 0 saturated carbocycles. The van der Waals surface area contributed by atoms with Crippen LogP contribution in [-0.2, 0) is 7.05 Å². The first-order valence-corrected chi connectivity index (χ1v) is 9.38. The molecule has 0 aliphatic carbocycles. The number of ether oxygens (including phenoxy) is 1. The quantitative estimate of drug-likeness (QED) is 0.640. The molecule has 5 nitrogen and oxygen atoms in total. The number of benzene rings is 2. The van der Waals surface area contributed by atoms with E-state index in [0.717, 1.165) is 63.0 Å². The molecule has 136 valence electrons. The van der Waals surface area contributed by atoms with Crippen LogP contribution in [0.3, 0.4) is 0 Å². The number of fused-ring (bicyclic) bond motifs is 1. The number of imidazole rings is 1. The number of hydrogen-bond donors (Lipinski definition) is 0. The molecule has 1 aromatic heterocycles. The van der Waals surface area contributed by atoms with Crippen molar-refractivity contribution in [1.82, 2.24) is 14.5 Å². The molecule has 3 aromatic rings. The van der Waals surface area contributed by atoms with Gasteiger partial charge in [0.1, 0.15) is 5.75 Å². The molecule has 0 unspecified atom stereocenters. The number of para-hydroxylation sites is 3. The van der Waals surface area contributed by atoms with Crippen LogP contribution in [0.2, 0.25) is 0 Å². The minimum atomic E-state index is 0.773. The van der Waals surface area contributed by atoms with E-state index in [2.05, 4.69) is 45.7 Å². The van der Waals surface area contributed by atoms with Crippen molar-refractivity contribution in [1.29, 1.82) is 0 Å². The summed E-state index contributed by atoms with van der Waals surface area (Å²) in [7, 11) is 2.11. The Bertz CT molecular complexity index is 838. The molecule has 2 heterocycles. The third-order valence-electron chi connectivity index (χ3n) is 5.05. The summed E-state index contributed by atoms with van der Waals surface area (Å²) in [5.74, 6) is 2.04. The molecular formula is C21H26N4O. The molecular weight excluding hydrogens is 324 g/mol. The van der Waals surface area contributed by atoms with Gasteiger partial charge < -0.3 is 14.2 Å². The SMILES string of the molecule is Cn1c(N2CCN(CCCOc3ccccc3)CC2)nc2ccccc21. The van der Waals surface area contributed by atoms with Crippen LogP contribution in [0, 0.1) is 0 Å². The highest BCUT2D eigenvalue weighted by molar-refractivity contribution is 5.78. The lowest BCUT2D eigenvalue weighted by atomic mass is 10.3. The first kappa shape index (κ1) is 16.9. The van der Waals surface area contributed by atoms with Gasteiger partial charge >= 0.3 is 0 Å². The third kappa shape index (κ3) is 3.68. The van der Waals surface area contributed by atoms with Crippen molar-refractivity contribution in [2.45, 2.75) is 6.42 Å². The van der Waals surface area contributed by atoms with Crippen LogP contribution in [0.4, 0.5) is 5.95 Å².